The molecule has 1 aliphatic carbocycles. The molecular weight excluding hydrogens is 288 g/mol. The van der Waals surface area contributed by atoms with E-state index in [0.717, 1.165) is 30.6 Å². The molecule has 22 heavy (non-hydrogen) atoms. The highest BCUT2D eigenvalue weighted by Gasteiger charge is 2.23. The maximum Gasteiger partial charge on any atom is 0.126 e. The number of benzene rings is 1. The van der Waals surface area contributed by atoms with Gasteiger partial charge in [-0.3, -0.25) is 0 Å². The van der Waals surface area contributed by atoms with Crippen molar-refractivity contribution in [2.24, 2.45) is 0 Å². The Labute approximate surface area is 139 Å². The molecule has 1 fully saturated rings. The molecule has 0 heterocycles. The Balaban J connectivity index is 1.91. The van der Waals surface area contributed by atoms with E-state index in [4.69, 9.17) is 0 Å². The third-order valence-electron chi connectivity index (χ3n) is 4.38. The zero-order valence-electron chi connectivity index (χ0n) is 13.5. The van der Waals surface area contributed by atoms with E-state index in [0.29, 0.717) is 0 Å². The summed E-state index contributed by atoms with van der Waals surface area (Å²) in [6, 6.07) is 10.2. The molecule has 1 N–H and O–H groups in total. The SMILES string of the molecule is OC1(C#CSc2ccccc2)CCCCCCCCCCC1. The largest absolute Gasteiger partial charge is 0.378 e. The molecule has 1 aromatic carbocycles. The predicted molar refractivity (Wildman–Crippen MR) is 95.8 cm³/mol. The van der Waals surface area contributed by atoms with Gasteiger partial charge in [-0.2, -0.15) is 0 Å². The normalized spacial score (nSPS) is 20.0. The van der Waals surface area contributed by atoms with Gasteiger partial charge in [-0.1, -0.05) is 69.1 Å². The molecule has 1 saturated carbocycles. The van der Waals surface area contributed by atoms with E-state index in [1.165, 1.54) is 56.7 Å². The smallest absolute Gasteiger partial charge is 0.126 e. The first-order valence-electron chi connectivity index (χ1n) is 8.75. The van der Waals surface area contributed by atoms with Crippen LogP contribution in [0.2, 0.25) is 0 Å². The number of rotatable bonds is 1. The van der Waals surface area contributed by atoms with Crippen LogP contribution in [0.25, 0.3) is 0 Å². The molecule has 0 radical (unpaired) electrons. The number of hydrogen-bond acceptors (Lipinski definition) is 2. The summed E-state index contributed by atoms with van der Waals surface area (Å²) >= 11 is 1.52. The highest BCUT2D eigenvalue weighted by Crippen LogP contribution is 2.25. The molecule has 1 aromatic rings. The number of hydrogen-bond donors (Lipinski definition) is 1. The fourth-order valence-corrected chi connectivity index (χ4v) is 3.64. The Morgan fingerprint density at radius 1 is 0.773 bits per heavy atom. The van der Waals surface area contributed by atoms with Crippen molar-refractivity contribution in [3.8, 4) is 11.2 Å². The van der Waals surface area contributed by atoms with E-state index < -0.39 is 5.60 Å². The number of aliphatic hydroxyl groups is 1. The molecule has 2 rings (SSSR count). The van der Waals surface area contributed by atoms with Gasteiger partial charge in [0.05, 0.1) is 0 Å². The summed E-state index contributed by atoms with van der Waals surface area (Å²) in [6.07, 6.45) is 13.0. The molecule has 0 saturated heterocycles. The van der Waals surface area contributed by atoms with Crippen LogP contribution in [0.5, 0.6) is 0 Å². The van der Waals surface area contributed by atoms with E-state index in [1.54, 1.807) is 0 Å². The molecule has 0 bridgehead atoms. The van der Waals surface area contributed by atoms with Crippen LogP contribution >= 0.6 is 11.8 Å². The van der Waals surface area contributed by atoms with Crippen LogP contribution in [0, 0.1) is 11.2 Å². The molecule has 2 heteroatoms. The van der Waals surface area contributed by atoms with Crippen LogP contribution in [-0.4, -0.2) is 10.7 Å². The highest BCUT2D eigenvalue weighted by atomic mass is 32.2. The standard InChI is InChI=1S/C20H28OS/c21-20(17-18-22-19-13-9-8-10-14-19)15-11-6-4-2-1-3-5-7-12-16-20/h8-10,13-14,21H,1-7,11-12,15-16H2. The van der Waals surface area contributed by atoms with Gasteiger partial charge in [0.25, 0.3) is 0 Å². The minimum absolute atomic E-state index is 0.777. The van der Waals surface area contributed by atoms with Crippen molar-refractivity contribution in [3.05, 3.63) is 30.3 Å². The van der Waals surface area contributed by atoms with E-state index in [2.05, 4.69) is 23.3 Å². The first-order chi connectivity index (χ1) is 10.8. The molecule has 0 spiro atoms. The fourth-order valence-electron chi connectivity index (χ4n) is 2.99. The quantitative estimate of drug-likeness (QED) is 0.524. The Bertz CT molecular complexity index is 459. The summed E-state index contributed by atoms with van der Waals surface area (Å²) < 4.78 is 0. The Morgan fingerprint density at radius 3 is 1.82 bits per heavy atom. The summed E-state index contributed by atoms with van der Waals surface area (Å²) in [4.78, 5) is 1.15. The minimum Gasteiger partial charge on any atom is -0.378 e. The highest BCUT2D eigenvalue weighted by molar-refractivity contribution is 8.03. The van der Waals surface area contributed by atoms with Crippen molar-refractivity contribution in [2.45, 2.75) is 81.1 Å². The van der Waals surface area contributed by atoms with Crippen LogP contribution in [0.4, 0.5) is 0 Å². The summed E-state index contributed by atoms with van der Waals surface area (Å²) in [5.41, 5.74) is -0.777. The Kier molecular flexibility index (Phi) is 7.91. The molecule has 0 unspecified atom stereocenters. The third kappa shape index (κ3) is 6.90. The molecular formula is C20H28OS. The summed E-state index contributed by atoms with van der Waals surface area (Å²) in [6.45, 7) is 0. The topological polar surface area (TPSA) is 20.2 Å². The lowest BCUT2D eigenvalue weighted by molar-refractivity contribution is 0.0759. The molecule has 1 nitrogen and oxygen atoms in total. The van der Waals surface area contributed by atoms with Gasteiger partial charge in [0.1, 0.15) is 5.60 Å². The van der Waals surface area contributed by atoms with Gasteiger partial charge in [0.2, 0.25) is 0 Å². The van der Waals surface area contributed by atoms with Crippen LogP contribution in [0.3, 0.4) is 0 Å². The summed E-state index contributed by atoms with van der Waals surface area (Å²) in [5.74, 6) is 3.17. The number of thioether (sulfide) groups is 1. The lowest BCUT2D eigenvalue weighted by Crippen LogP contribution is -2.26. The maximum atomic E-state index is 10.8. The zero-order valence-corrected chi connectivity index (χ0v) is 14.3. The average Bonchev–Trinajstić information content (AvgIpc) is 2.52. The Hall–Kier alpha value is -0.910. The van der Waals surface area contributed by atoms with Crippen molar-refractivity contribution >= 4 is 11.8 Å². The van der Waals surface area contributed by atoms with Gasteiger partial charge in [-0.25, -0.2) is 0 Å². The molecule has 1 aliphatic rings. The van der Waals surface area contributed by atoms with Gasteiger partial charge in [-0.15, -0.1) is 0 Å². The van der Waals surface area contributed by atoms with Gasteiger partial charge in [0.15, 0.2) is 0 Å². The Morgan fingerprint density at radius 2 is 1.27 bits per heavy atom. The first kappa shape index (κ1) is 17.4. The first-order valence-corrected chi connectivity index (χ1v) is 9.57. The second kappa shape index (κ2) is 9.98. The van der Waals surface area contributed by atoms with Crippen molar-refractivity contribution in [2.75, 3.05) is 0 Å². The van der Waals surface area contributed by atoms with Crippen molar-refractivity contribution in [3.63, 3.8) is 0 Å². The lowest BCUT2D eigenvalue weighted by atomic mass is 9.89. The van der Waals surface area contributed by atoms with Crippen LogP contribution in [0.15, 0.2) is 35.2 Å². The third-order valence-corrected chi connectivity index (χ3v) is 5.09. The van der Waals surface area contributed by atoms with Crippen LogP contribution in [0.1, 0.15) is 70.6 Å². The summed E-state index contributed by atoms with van der Waals surface area (Å²) in [5, 5.41) is 14.0. The molecule has 0 atom stereocenters. The van der Waals surface area contributed by atoms with Crippen LogP contribution in [-0.2, 0) is 0 Å². The van der Waals surface area contributed by atoms with Crippen molar-refractivity contribution in [1.82, 2.24) is 0 Å². The van der Waals surface area contributed by atoms with E-state index in [1.807, 2.05) is 18.2 Å². The maximum absolute atomic E-state index is 10.8. The fraction of sp³-hybridized carbons (Fsp3) is 0.600. The average molecular weight is 317 g/mol. The van der Waals surface area contributed by atoms with E-state index in [9.17, 15) is 5.11 Å². The lowest BCUT2D eigenvalue weighted by Gasteiger charge is -2.22. The second-order valence-electron chi connectivity index (χ2n) is 6.36. The summed E-state index contributed by atoms with van der Waals surface area (Å²) in [7, 11) is 0. The van der Waals surface area contributed by atoms with E-state index >= 15 is 0 Å². The van der Waals surface area contributed by atoms with Crippen LogP contribution < -0.4 is 0 Å². The molecule has 0 aromatic heterocycles. The second-order valence-corrected chi connectivity index (χ2v) is 7.24. The molecule has 0 amide bonds. The predicted octanol–water partition coefficient (Wildman–Crippen LogP) is 5.78. The van der Waals surface area contributed by atoms with Gasteiger partial charge in [-0.05, 0) is 54.8 Å². The van der Waals surface area contributed by atoms with Gasteiger partial charge >= 0.3 is 0 Å². The van der Waals surface area contributed by atoms with Crippen molar-refractivity contribution < 1.29 is 5.11 Å². The van der Waals surface area contributed by atoms with Crippen molar-refractivity contribution in [1.29, 1.82) is 0 Å². The minimum atomic E-state index is -0.777. The van der Waals surface area contributed by atoms with Gasteiger partial charge in [0, 0.05) is 4.90 Å². The van der Waals surface area contributed by atoms with Gasteiger partial charge < -0.3 is 5.11 Å². The van der Waals surface area contributed by atoms with E-state index in [-0.39, 0.29) is 0 Å². The molecule has 0 aliphatic heterocycles. The monoisotopic (exact) mass is 316 g/mol. The zero-order chi connectivity index (χ0) is 15.5. The molecule has 120 valence electrons.